The van der Waals surface area contributed by atoms with Crippen LogP contribution < -0.4 is 5.32 Å². The molecule has 0 amide bonds. The second-order valence-corrected chi connectivity index (χ2v) is 5.07. The van der Waals surface area contributed by atoms with Crippen molar-refractivity contribution in [1.29, 1.82) is 0 Å². The SMILES string of the molecule is CC(Cc1ccc(Cl)cc1)NCc1cnn(C)c1. The molecule has 2 aromatic rings. The number of aromatic nitrogens is 2. The van der Waals surface area contributed by atoms with E-state index in [1.54, 1.807) is 0 Å². The van der Waals surface area contributed by atoms with Crippen LogP contribution >= 0.6 is 11.6 Å². The van der Waals surface area contributed by atoms with Gasteiger partial charge in [-0.05, 0) is 31.0 Å². The Bertz CT molecular complexity index is 490. The molecule has 1 N–H and O–H groups in total. The van der Waals surface area contributed by atoms with Crippen LogP contribution in [0, 0.1) is 0 Å². The lowest BCUT2D eigenvalue weighted by Gasteiger charge is -2.13. The molecule has 4 heteroatoms. The van der Waals surface area contributed by atoms with E-state index in [2.05, 4.69) is 29.5 Å². The molecule has 2 rings (SSSR count). The molecule has 0 aliphatic rings. The van der Waals surface area contributed by atoms with E-state index >= 15 is 0 Å². The highest BCUT2D eigenvalue weighted by molar-refractivity contribution is 6.30. The van der Waals surface area contributed by atoms with E-state index in [9.17, 15) is 0 Å². The number of benzene rings is 1. The van der Waals surface area contributed by atoms with E-state index in [0.29, 0.717) is 6.04 Å². The Kier molecular flexibility index (Phi) is 4.39. The zero-order valence-electron chi connectivity index (χ0n) is 10.7. The van der Waals surface area contributed by atoms with Crippen LogP contribution in [-0.2, 0) is 20.0 Å². The number of nitrogens with one attached hydrogen (secondary N) is 1. The summed E-state index contributed by atoms with van der Waals surface area (Å²) in [6.07, 6.45) is 4.92. The van der Waals surface area contributed by atoms with Crippen molar-refractivity contribution >= 4 is 11.6 Å². The highest BCUT2D eigenvalue weighted by Gasteiger charge is 2.04. The van der Waals surface area contributed by atoms with Crippen molar-refractivity contribution < 1.29 is 0 Å². The van der Waals surface area contributed by atoms with Crippen LogP contribution in [0.5, 0.6) is 0 Å². The van der Waals surface area contributed by atoms with Crippen molar-refractivity contribution in [3.8, 4) is 0 Å². The van der Waals surface area contributed by atoms with Gasteiger partial charge in [0.15, 0.2) is 0 Å². The number of hydrogen-bond donors (Lipinski definition) is 1. The lowest BCUT2D eigenvalue weighted by molar-refractivity contribution is 0.545. The number of hydrogen-bond acceptors (Lipinski definition) is 2. The summed E-state index contributed by atoms with van der Waals surface area (Å²) in [7, 11) is 1.93. The predicted octanol–water partition coefficient (Wildman–Crippen LogP) is 2.79. The molecule has 0 spiro atoms. The van der Waals surface area contributed by atoms with Gasteiger partial charge in [-0.25, -0.2) is 0 Å². The molecule has 18 heavy (non-hydrogen) atoms. The third kappa shape index (κ3) is 3.86. The molecule has 0 saturated heterocycles. The molecule has 0 fully saturated rings. The highest BCUT2D eigenvalue weighted by atomic mass is 35.5. The third-order valence-electron chi connectivity index (χ3n) is 2.87. The summed E-state index contributed by atoms with van der Waals surface area (Å²) in [5.41, 5.74) is 2.51. The lowest BCUT2D eigenvalue weighted by Crippen LogP contribution is -2.27. The van der Waals surface area contributed by atoms with Crippen LogP contribution in [0.3, 0.4) is 0 Å². The molecule has 1 aromatic heterocycles. The van der Waals surface area contributed by atoms with Crippen molar-refractivity contribution in [2.24, 2.45) is 7.05 Å². The summed E-state index contributed by atoms with van der Waals surface area (Å²) >= 11 is 5.87. The number of aryl methyl sites for hydroxylation is 1. The van der Waals surface area contributed by atoms with Crippen LogP contribution in [0.25, 0.3) is 0 Å². The lowest BCUT2D eigenvalue weighted by atomic mass is 10.1. The maximum absolute atomic E-state index is 5.87. The topological polar surface area (TPSA) is 29.9 Å². The first-order chi connectivity index (χ1) is 8.63. The van der Waals surface area contributed by atoms with Gasteiger partial charge in [0.2, 0.25) is 0 Å². The molecule has 1 atom stereocenters. The van der Waals surface area contributed by atoms with Crippen molar-refractivity contribution in [2.75, 3.05) is 0 Å². The Morgan fingerprint density at radius 2 is 2.00 bits per heavy atom. The third-order valence-corrected chi connectivity index (χ3v) is 3.12. The molecule has 0 radical (unpaired) electrons. The van der Waals surface area contributed by atoms with Gasteiger partial charge in [0.25, 0.3) is 0 Å². The molecule has 1 heterocycles. The van der Waals surface area contributed by atoms with Crippen LogP contribution in [0.15, 0.2) is 36.7 Å². The molecule has 0 bridgehead atoms. The Morgan fingerprint density at radius 3 is 2.61 bits per heavy atom. The van der Waals surface area contributed by atoms with Crippen LogP contribution in [0.4, 0.5) is 0 Å². The Labute approximate surface area is 113 Å². The summed E-state index contributed by atoms with van der Waals surface area (Å²) in [5, 5.41) is 8.43. The summed E-state index contributed by atoms with van der Waals surface area (Å²) in [6, 6.07) is 8.44. The summed E-state index contributed by atoms with van der Waals surface area (Å²) in [4.78, 5) is 0. The molecule has 0 aliphatic heterocycles. The standard InChI is InChI=1S/C14H18ClN3/c1-11(7-12-3-5-14(15)6-4-12)16-8-13-9-17-18(2)10-13/h3-6,9-11,16H,7-8H2,1-2H3. The van der Waals surface area contributed by atoms with Crippen LogP contribution in [0.2, 0.25) is 5.02 Å². The van der Waals surface area contributed by atoms with E-state index in [1.165, 1.54) is 11.1 Å². The average molecular weight is 264 g/mol. The van der Waals surface area contributed by atoms with Crippen molar-refractivity contribution in [2.45, 2.75) is 25.9 Å². The van der Waals surface area contributed by atoms with Gasteiger partial charge < -0.3 is 5.32 Å². The van der Waals surface area contributed by atoms with E-state index < -0.39 is 0 Å². The highest BCUT2D eigenvalue weighted by Crippen LogP contribution is 2.11. The van der Waals surface area contributed by atoms with Crippen molar-refractivity contribution in [3.63, 3.8) is 0 Å². The first-order valence-corrected chi connectivity index (χ1v) is 6.46. The van der Waals surface area contributed by atoms with E-state index in [1.807, 2.05) is 36.3 Å². The predicted molar refractivity (Wildman–Crippen MR) is 74.7 cm³/mol. The largest absolute Gasteiger partial charge is 0.310 e. The van der Waals surface area contributed by atoms with Crippen LogP contribution in [0.1, 0.15) is 18.1 Å². The van der Waals surface area contributed by atoms with Gasteiger partial charge in [-0.3, -0.25) is 4.68 Å². The maximum atomic E-state index is 5.87. The summed E-state index contributed by atoms with van der Waals surface area (Å²) in [6.45, 7) is 3.04. The minimum Gasteiger partial charge on any atom is -0.310 e. The Balaban J connectivity index is 1.81. The van der Waals surface area contributed by atoms with Gasteiger partial charge in [0.05, 0.1) is 6.20 Å². The second kappa shape index (κ2) is 6.03. The maximum Gasteiger partial charge on any atom is 0.0534 e. The molecule has 0 aliphatic carbocycles. The zero-order valence-corrected chi connectivity index (χ0v) is 11.5. The minimum absolute atomic E-state index is 0.423. The van der Waals surface area contributed by atoms with Gasteiger partial charge in [0.1, 0.15) is 0 Å². The first-order valence-electron chi connectivity index (χ1n) is 6.09. The number of rotatable bonds is 5. The zero-order chi connectivity index (χ0) is 13.0. The number of nitrogens with zero attached hydrogens (tertiary/aromatic N) is 2. The smallest absolute Gasteiger partial charge is 0.0534 e. The summed E-state index contributed by atoms with van der Waals surface area (Å²) < 4.78 is 1.82. The second-order valence-electron chi connectivity index (χ2n) is 4.63. The fraction of sp³-hybridized carbons (Fsp3) is 0.357. The number of halogens is 1. The monoisotopic (exact) mass is 263 g/mol. The van der Waals surface area contributed by atoms with E-state index in [-0.39, 0.29) is 0 Å². The van der Waals surface area contributed by atoms with E-state index in [4.69, 9.17) is 11.6 Å². The van der Waals surface area contributed by atoms with Crippen molar-refractivity contribution in [3.05, 3.63) is 52.8 Å². The molecule has 0 saturated carbocycles. The van der Waals surface area contributed by atoms with Gasteiger partial charge in [0, 0.05) is 36.4 Å². The molecular formula is C14H18ClN3. The Hall–Kier alpha value is -1.32. The molecular weight excluding hydrogens is 246 g/mol. The van der Waals surface area contributed by atoms with Crippen molar-refractivity contribution in [1.82, 2.24) is 15.1 Å². The molecule has 1 aromatic carbocycles. The summed E-state index contributed by atoms with van der Waals surface area (Å²) in [5.74, 6) is 0. The fourth-order valence-corrected chi connectivity index (χ4v) is 2.03. The fourth-order valence-electron chi connectivity index (χ4n) is 1.90. The molecule has 1 unspecified atom stereocenters. The van der Waals surface area contributed by atoms with Gasteiger partial charge in [-0.15, -0.1) is 0 Å². The van der Waals surface area contributed by atoms with Crippen LogP contribution in [-0.4, -0.2) is 15.8 Å². The normalized spacial score (nSPS) is 12.6. The van der Waals surface area contributed by atoms with Gasteiger partial charge in [-0.2, -0.15) is 5.10 Å². The van der Waals surface area contributed by atoms with Gasteiger partial charge >= 0.3 is 0 Å². The first kappa shape index (κ1) is 13.1. The quantitative estimate of drug-likeness (QED) is 0.899. The minimum atomic E-state index is 0.423. The van der Waals surface area contributed by atoms with Gasteiger partial charge in [-0.1, -0.05) is 23.7 Å². The van der Waals surface area contributed by atoms with E-state index in [0.717, 1.165) is 18.0 Å². The molecule has 96 valence electrons. The molecule has 3 nitrogen and oxygen atoms in total. The average Bonchev–Trinajstić information content (AvgIpc) is 2.76. The Morgan fingerprint density at radius 1 is 1.28 bits per heavy atom.